The van der Waals surface area contributed by atoms with Crippen molar-refractivity contribution in [2.45, 2.75) is 44.1 Å². The maximum atomic E-state index is 13.8. The summed E-state index contributed by atoms with van der Waals surface area (Å²) in [6.45, 7) is 1.25. The molecule has 0 aromatic heterocycles. The number of rotatable bonds is 7. The van der Waals surface area contributed by atoms with Gasteiger partial charge in [-0.3, -0.25) is 4.79 Å². The van der Waals surface area contributed by atoms with Gasteiger partial charge >= 0.3 is 0 Å². The molecule has 2 aromatic rings. The molecule has 0 unspecified atom stereocenters. The first-order chi connectivity index (χ1) is 14.8. The standard InChI is InChI=1S/C22H26FNO7/c1-12(26)24-8-7-13-5-6-16(10-17(13)14-3-2-4-15(23)9-14)30-22-21(29)20(28)19(27)18(11-25)31-22/h2-6,9-10,18-22,25,27-29H,7-8,11H2,1H3,(H,24,26)/t18-,19-,20+,21+,22+/m0/s1. The Morgan fingerprint density at radius 2 is 1.90 bits per heavy atom. The van der Waals surface area contributed by atoms with Crippen molar-refractivity contribution in [2.24, 2.45) is 0 Å². The lowest BCUT2D eigenvalue weighted by molar-refractivity contribution is -0.277. The molecular weight excluding hydrogens is 409 g/mol. The smallest absolute Gasteiger partial charge is 0.229 e. The maximum absolute atomic E-state index is 13.8. The van der Waals surface area contributed by atoms with Crippen LogP contribution in [0, 0.1) is 5.82 Å². The van der Waals surface area contributed by atoms with Gasteiger partial charge in [0.1, 0.15) is 36.0 Å². The number of aliphatic hydroxyl groups is 4. The lowest BCUT2D eigenvalue weighted by Gasteiger charge is -2.39. The normalized spacial score (nSPS) is 25.8. The first-order valence-corrected chi connectivity index (χ1v) is 9.90. The van der Waals surface area contributed by atoms with Crippen molar-refractivity contribution in [2.75, 3.05) is 13.2 Å². The molecule has 0 saturated carbocycles. The third-order valence-electron chi connectivity index (χ3n) is 5.09. The van der Waals surface area contributed by atoms with E-state index in [-0.39, 0.29) is 11.7 Å². The van der Waals surface area contributed by atoms with E-state index in [2.05, 4.69) is 5.32 Å². The number of halogens is 1. The highest BCUT2D eigenvalue weighted by Crippen LogP contribution is 2.31. The van der Waals surface area contributed by atoms with Crippen LogP contribution in [-0.2, 0) is 16.0 Å². The van der Waals surface area contributed by atoms with E-state index >= 15 is 0 Å². The molecule has 2 aromatic carbocycles. The number of aliphatic hydroxyl groups excluding tert-OH is 4. The molecule has 1 aliphatic rings. The predicted octanol–water partition coefficient (Wildman–Crippen LogP) is 0.350. The first-order valence-electron chi connectivity index (χ1n) is 9.90. The zero-order valence-electron chi connectivity index (χ0n) is 16.9. The number of nitrogens with one attached hydrogen (secondary N) is 1. The van der Waals surface area contributed by atoms with E-state index in [4.69, 9.17) is 9.47 Å². The molecule has 0 bridgehead atoms. The topological polar surface area (TPSA) is 128 Å². The number of carbonyl (C=O) groups is 1. The van der Waals surface area contributed by atoms with Gasteiger partial charge in [0.05, 0.1) is 6.61 Å². The molecule has 168 valence electrons. The van der Waals surface area contributed by atoms with Crippen LogP contribution < -0.4 is 10.1 Å². The fourth-order valence-corrected chi connectivity index (χ4v) is 3.44. The Kier molecular flexibility index (Phi) is 7.58. The fourth-order valence-electron chi connectivity index (χ4n) is 3.44. The molecule has 31 heavy (non-hydrogen) atoms. The third-order valence-corrected chi connectivity index (χ3v) is 5.09. The van der Waals surface area contributed by atoms with Crippen LogP contribution in [0.4, 0.5) is 4.39 Å². The predicted molar refractivity (Wildman–Crippen MR) is 109 cm³/mol. The van der Waals surface area contributed by atoms with Crippen LogP contribution in [0.1, 0.15) is 12.5 Å². The summed E-state index contributed by atoms with van der Waals surface area (Å²) in [5.74, 6) is -0.299. The Labute approximate surface area is 178 Å². The van der Waals surface area contributed by atoms with Crippen molar-refractivity contribution in [3.05, 3.63) is 53.8 Å². The molecule has 1 saturated heterocycles. The van der Waals surface area contributed by atoms with E-state index in [0.29, 0.717) is 24.1 Å². The number of ether oxygens (including phenoxy) is 2. The van der Waals surface area contributed by atoms with E-state index in [1.54, 1.807) is 30.3 Å². The van der Waals surface area contributed by atoms with Gasteiger partial charge in [-0.1, -0.05) is 18.2 Å². The molecule has 1 fully saturated rings. The molecule has 0 spiro atoms. The molecule has 1 aliphatic heterocycles. The molecule has 5 atom stereocenters. The van der Waals surface area contributed by atoms with Crippen LogP contribution >= 0.6 is 0 Å². The van der Waals surface area contributed by atoms with Gasteiger partial charge in [-0.05, 0) is 47.4 Å². The van der Waals surface area contributed by atoms with Crippen LogP contribution in [0.2, 0.25) is 0 Å². The van der Waals surface area contributed by atoms with Gasteiger partial charge in [0, 0.05) is 13.5 Å². The van der Waals surface area contributed by atoms with Gasteiger partial charge in [0.25, 0.3) is 0 Å². The Balaban J connectivity index is 1.87. The van der Waals surface area contributed by atoms with Gasteiger partial charge in [0.2, 0.25) is 12.2 Å². The molecule has 5 N–H and O–H groups in total. The summed E-state index contributed by atoms with van der Waals surface area (Å²) in [7, 11) is 0. The highest BCUT2D eigenvalue weighted by molar-refractivity contribution is 5.73. The highest BCUT2D eigenvalue weighted by atomic mass is 19.1. The van der Waals surface area contributed by atoms with Gasteiger partial charge in [-0.15, -0.1) is 0 Å². The second-order valence-corrected chi connectivity index (χ2v) is 7.38. The lowest BCUT2D eigenvalue weighted by Crippen LogP contribution is -2.60. The zero-order chi connectivity index (χ0) is 22.5. The summed E-state index contributed by atoms with van der Waals surface area (Å²) in [6.07, 6.45) is -6.53. The van der Waals surface area contributed by atoms with Crippen molar-refractivity contribution in [3.8, 4) is 16.9 Å². The molecule has 9 heteroatoms. The van der Waals surface area contributed by atoms with Gasteiger partial charge in [0.15, 0.2) is 0 Å². The van der Waals surface area contributed by atoms with Crippen LogP contribution in [0.15, 0.2) is 42.5 Å². The largest absolute Gasteiger partial charge is 0.462 e. The lowest BCUT2D eigenvalue weighted by atomic mass is 9.97. The van der Waals surface area contributed by atoms with E-state index < -0.39 is 43.1 Å². The SMILES string of the molecule is CC(=O)NCCc1ccc(O[C@@H]2O[C@@H](CO)[C@H](O)[C@@H](O)[C@H]2O)cc1-c1cccc(F)c1. The highest BCUT2D eigenvalue weighted by Gasteiger charge is 2.44. The minimum atomic E-state index is -1.56. The Morgan fingerprint density at radius 3 is 2.58 bits per heavy atom. The van der Waals surface area contributed by atoms with Gasteiger partial charge in [-0.25, -0.2) is 4.39 Å². The Morgan fingerprint density at radius 1 is 1.13 bits per heavy atom. The molecule has 0 aliphatic carbocycles. The van der Waals surface area contributed by atoms with Gasteiger partial charge < -0.3 is 35.2 Å². The Bertz CT molecular complexity index is 907. The number of amides is 1. The number of carbonyl (C=O) groups excluding carboxylic acids is 1. The van der Waals surface area contributed by atoms with Gasteiger partial charge in [-0.2, -0.15) is 0 Å². The minimum Gasteiger partial charge on any atom is -0.462 e. The third kappa shape index (κ3) is 5.57. The number of benzene rings is 2. The number of hydrogen-bond acceptors (Lipinski definition) is 7. The average molecular weight is 435 g/mol. The second kappa shape index (κ2) is 10.2. The summed E-state index contributed by atoms with van der Waals surface area (Å²) < 4.78 is 24.9. The minimum absolute atomic E-state index is 0.158. The van der Waals surface area contributed by atoms with Crippen molar-refractivity contribution >= 4 is 5.91 Å². The first kappa shape index (κ1) is 23.1. The summed E-state index contributed by atoms with van der Waals surface area (Å²) in [5.41, 5.74) is 2.09. The van der Waals surface area contributed by atoms with Crippen LogP contribution in [0.3, 0.4) is 0 Å². The van der Waals surface area contributed by atoms with Crippen LogP contribution in [0.25, 0.3) is 11.1 Å². The van der Waals surface area contributed by atoms with Crippen molar-refractivity contribution in [1.29, 1.82) is 0 Å². The fraction of sp³-hybridized carbons (Fsp3) is 0.409. The van der Waals surface area contributed by atoms with Crippen LogP contribution in [0.5, 0.6) is 5.75 Å². The molecule has 0 radical (unpaired) electrons. The van der Waals surface area contributed by atoms with Crippen LogP contribution in [-0.4, -0.2) is 70.2 Å². The second-order valence-electron chi connectivity index (χ2n) is 7.38. The summed E-state index contributed by atoms with van der Waals surface area (Å²) in [5, 5.41) is 42.1. The summed E-state index contributed by atoms with van der Waals surface area (Å²) in [6, 6.07) is 11.0. The van der Waals surface area contributed by atoms with Crippen molar-refractivity contribution < 1.29 is 39.1 Å². The molecule has 1 amide bonds. The Hall–Kier alpha value is -2.56. The maximum Gasteiger partial charge on any atom is 0.229 e. The average Bonchev–Trinajstić information content (AvgIpc) is 2.74. The van der Waals surface area contributed by atoms with E-state index in [9.17, 15) is 29.6 Å². The molecular formula is C22H26FNO7. The van der Waals surface area contributed by atoms with E-state index in [1.165, 1.54) is 19.1 Å². The quantitative estimate of drug-likeness (QED) is 0.425. The monoisotopic (exact) mass is 435 g/mol. The molecule has 3 rings (SSSR count). The summed E-state index contributed by atoms with van der Waals surface area (Å²) >= 11 is 0. The van der Waals surface area contributed by atoms with Crippen molar-refractivity contribution in [3.63, 3.8) is 0 Å². The molecule has 8 nitrogen and oxygen atoms in total. The number of hydrogen-bond donors (Lipinski definition) is 5. The van der Waals surface area contributed by atoms with Crippen molar-refractivity contribution in [1.82, 2.24) is 5.32 Å². The summed E-state index contributed by atoms with van der Waals surface area (Å²) in [4.78, 5) is 11.2. The van der Waals surface area contributed by atoms with E-state index in [0.717, 1.165) is 5.56 Å². The molecule has 1 heterocycles. The van der Waals surface area contributed by atoms with E-state index in [1.807, 2.05) is 0 Å². The zero-order valence-corrected chi connectivity index (χ0v) is 16.9.